The van der Waals surface area contributed by atoms with Gasteiger partial charge in [-0.3, -0.25) is 14.9 Å². The fraction of sp³-hybridized carbons (Fsp3) is 0.222. The van der Waals surface area contributed by atoms with Crippen molar-refractivity contribution in [3.63, 3.8) is 0 Å². The van der Waals surface area contributed by atoms with Gasteiger partial charge in [-0.1, -0.05) is 0 Å². The molecule has 0 spiro atoms. The van der Waals surface area contributed by atoms with Gasteiger partial charge in [-0.15, -0.1) is 0 Å². The second-order valence-corrected chi connectivity index (χ2v) is 8.31. The lowest BCUT2D eigenvalue weighted by atomic mass is 10.2. The first kappa shape index (κ1) is 23.8. The molecule has 0 radical (unpaired) electrons. The number of hydrogen-bond acceptors (Lipinski definition) is 7. The number of alkyl halides is 3. The smallest absolute Gasteiger partial charge is 0.416 e. The summed E-state index contributed by atoms with van der Waals surface area (Å²) in [5.74, 6) is -2.01. The van der Waals surface area contributed by atoms with E-state index in [1.807, 2.05) is 0 Å². The SMILES string of the molecule is C[C@H](OC(=O)c1ccc(S(C)(=O)=O)c([N+](=O)[O-])c1)C(=O)Nc1ccc(C(F)(F)F)cc1. The monoisotopic (exact) mass is 460 g/mol. The molecule has 31 heavy (non-hydrogen) atoms. The van der Waals surface area contributed by atoms with Crippen molar-refractivity contribution in [1.29, 1.82) is 0 Å². The summed E-state index contributed by atoms with van der Waals surface area (Å²) in [5.41, 5.74) is -2.09. The molecular weight excluding hydrogens is 445 g/mol. The average molecular weight is 460 g/mol. The van der Waals surface area contributed by atoms with E-state index >= 15 is 0 Å². The molecule has 0 fully saturated rings. The Labute approximate surface area is 173 Å². The van der Waals surface area contributed by atoms with E-state index in [9.17, 15) is 41.3 Å². The number of hydrogen-bond donors (Lipinski definition) is 1. The van der Waals surface area contributed by atoms with Crippen LogP contribution in [0, 0.1) is 10.1 Å². The van der Waals surface area contributed by atoms with Crippen molar-refractivity contribution in [2.24, 2.45) is 0 Å². The molecule has 2 rings (SSSR count). The van der Waals surface area contributed by atoms with Crippen LogP contribution in [0.15, 0.2) is 47.4 Å². The van der Waals surface area contributed by atoms with Crippen molar-refractivity contribution < 1.29 is 40.8 Å². The zero-order chi connectivity index (χ0) is 23.6. The van der Waals surface area contributed by atoms with Crippen LogP contribution in [0.4, 0.5) is 24.5 Å². The van der Waals surface area contributed by atoms with Gasteiger partial charge in [-0.25, -0.2) is 13.2 Å². The lowest BCUT2D eigenvalue weighted by Crippen LogP contribution is -2.30. The van der Waals surface area contributed by atoms with Gasteiger partial charge in [0.1, 0.15) is 4.90 Å². The van der Waals surface area contributed by atoms with Crippen LogP contribution < -0.4 is 5.32 Å². The topological polar surface area (TPSA) is 133 Å². The normalized spacial score (nSPS) is 12.7. The number of amides is 1. The predicted molar refractivity (Wildman–Crippen MR) is 101 cm³/mol. The summed E-state index contributed by atoms with van der Waals surface area (Å²) in [5, 5.41) is 13.4. The number of rotatable bonds is 6. The van der Waals surface area contributed by atoms with Crippen LogP contribution in [0.2, 0.25) is 0 Å². The van der Waals surface area contributed by atoms with Crippen LogP contribution in [0.1, 0.15) is 22.8 Å². The third kappa shape index (κ3) is 6.01. The number of ether oxygens (including phenoxy) is 1. The maximum Gasteiger partial charge on any atom is 0.416 e. The molecule has 1 N–H and O–H groups in total. The second-order valence-electron chi connectivity index (χ2n) is 6.32. The number of nitro benzene ring substituents is 1. The molecule has 0 aliphatic heterocycles. The predicted octanol–water partition coefficient (Wildman–Crippen LogP) is 3.20. The number of nitrogens with zero attached hydrogens (tertiary/aromatic N) is 1. The van der Waals surface area contributed by atoms with Gasteiger partial charge in [0.25, 0.3) is 11.6 Å². The van der Waals surface area contributed by atoms with Crippen molar-refractivity contribution in [3.8, 4) is 0 Å². The van der Waals surface area contributed by atoms with E-state index < -0.39 is 55.1 Å². The van der Waals surface area contributed by atoms with Crippen molar-refractivity contribution in [2.75, 3.05) is 11.6 Å². The van der Waals surface area contributed by atoms with Gasteiger partial charge < -0.3 is 10.1 Å². The first-order valence-electron chi connectivity index (χ1n) is 8.37. The van der Waals surface area contributed by atoms with Crippen LogP contribution in [0.5, 0.6) is 0 Å². The second kappa shape index (κ2) is 8.71. The summed E-state index contributed by atoms with van der Waals surface area (Å²) in [4.78, 5) is 33.9. The quantitative estimate of drug-likeness (QED) is 0.398. The molecule has 0 aromatic heterocycles. The Bertz CT molecular complexity index is 1130. The van der Waals surface area contributed by atoms with Crippen LogP contribution in [-0.4, -0.2) is 37.6 Å². The van der Waals surface area contributed by atoms with Crippen LogP contribution in [0.3, 0.4) is 0 Å². The molecule has 166 valence electrons. The number of benzene rings is 2. The minimum absolute atomic E-state index is 0.0223. The van der Waals surface area contributed by atoms with E-state index in [1.54, 1.807) is 0 Å². The zero-order valence-corrected chi connectivity index (χ0v) is 16.8. The minimum Gasteiger partial charge on any atom is -0.449 e. The molecule has 13 heteroatoms. The molecule has 0 aliphatic rings. The molecule has 2 aromatic rings. The highest BCUT2D eigenvalue weighted by Gasteiger charge is 2.30. The first-order chi connectivity index (χ1) is 14.2. The van der Waals surface area contributed by atoms with Gasteiger partial charge in [0, 0.05) is 18.0 Å². The van der Waals surface area contributed by atoms with Gasteiger partial charge in [0.15, 0.2) is 15.9 Å². The lowest BCUT2D eigenvalue weighted by molar-refractivity contribution is -0.387. The minimum atomic E-state index is -4.54. The van der Waals surface area contributed by atoms with E-state index in [1.165, 1.54) is 6.92 Å². The summed E-state index contributed by atoms with van der Waals surface area (Å²) in [6.45, 7) is 1.18. The molecule has 0 unspecified atom stereocenters. The third-order valence-electron chi connectivity index (χ3n) is 3.92. The number of halogens is 3. The standard InChI is InChI=1S/C18H15F3N2O7S/c1-10(16(24)22-13-6-4-12(5-7-13)18(19,20)21)30-17(25)11-3-8-15(31(2,28)29)14(9-11)23(26)27/h3-10H,1-2H3,(H,22,24)/t10-/m0/s1. The molecular formula is C18H15F3N2O7S. The fourth-order valence-electron chi connectivity index (χ4n) is 2.37. The number of carbonyl (C=O) groups is 2. The van der Waals surface area contributed by atoms with Crippen molar-refractivity contribution in [3.05, 3.63) is 63.7 Å². The zero-order valence-electron chi connectivity index (χ0n) is 16.0. The summed E-state index contributed by atoms with van der Waals surface area (Å²) >= 11 is 0. The Hall–Kier alpha value is -3.48. The third-order valence-corrected chi connectivity index (χ3v) is 5.07. The van der Waals surface area contributed by atoms with Gasteiger partial charge in [0.2, 0.25) is 0 Å². The Kier molecular flexibility index (Phi) is 6.69. The van der Waals surface area contributed by atoms with Gasteiger partial charge >= 0.3 is 12.1 Å². The number of carbonyl (C=O) groups excluding carboxylic acids is 2. The largest absolute Gasteiger partial charge is 0.449 e. The van der Waals surface area contributed by atoms with Crippen molar-refractivity contribution in [1.82, 2.24) is 0 Å². The Morgan fingerprint density at radius 3 is 2.19 bits per heavy atom. The number of nitro groups is 1. The van der Waals surface area contributed by atoms with E-state index in [0.717, 1.165) is 42.7 Å². The summed E-state index contributed by atoms with van der Waals surface area (Å²) < 4.78 is 65.8. The number of esters is 1. The van der Waals surface area contributed by atoms with E-state index in [2.05, 4.69) is 5.32 Å². The number of sulfone groups is 1. The molecule has 0 bridgehead atoms. The molecule has 1 amide bonds. The fourth-order valence-corrected chi connectivity index (χ4v) is 3.20. The lowest BCUT2D eigenvalue weighted by Gasteiger charge is -2.14. The van der Waals surface area contributed by atoms with Crippen molar-refractivity contribution in [2.45, 2.75) is 24.1 Å². The van der Waals surface area contributed by atoms with Crippen LogP contribution in [0.25, 0.3) is 0 Å². The molecule has 0 saturated heterocycles. The highest BCUT2D eigenvalue weighted by Crippen LogP contribution is 2.30. The number of nitrogens with one attached hydrogen (secondary N) is 1. The number of anilines is 1. The molecule has 0 saturated carbocycles. The molecule has 0 aliphatic carbocycles. The maximum absolute atomic E-state index is 12.6. The van der Waals surface area contributed by atoms with Gasteiger partial charge in [-0.05, 0) is 43.3 Å². The van der Waals surface area contributed by atoms with Gasteiger partial charge in [0.05, 0.1) is 16.1 Å². The Morgan fingerprint density at radius 1 is 1.13 bits per heavy atom. The van der Waals surface area contributed by atoms with Gasteiger partial charge in [-0.2, -0.15) is 13.2 Å². The highest BCUT2D eigenvalue weighted by molar-refractivity contribution is 7.90. The Balaban J connectivity index is 2.12. The molecule has 1 atom stereocenters. The van der Waals surface area contributed by atoms with Crippen LogP contribution in [-0.2, 0) is 25.5 Å². The Morgan fingerprint density at radius 2 is 1.71 bits per heavy atom. The molecule has 0 heterocycles. The maximum atomic E-state index is 12.6. The summed E-state index contributed by atoms with van der Waals surface area (Å²) in [6.07, 6.45) is -5.19. The van der Waals surface area contributed by atoms with E-state index in [0.29, 0.717) is 6.07 Å². The summed E-state index contributed by atoms with van der Waals surface area (Å²) in [6, 6.07) is 6.12. The summed E-state index contributed by atoms with van der Waals surface area (Å²) in [7, 11) is -3.93. The highest BCUT2D eigenvalue weighted by atomic mass is 32.2. The first-order valence-corrected chi connectivity index (χ1v) is 10.3. The van der Waals surface area contributed by atoms with Crippen LogP contribution >= 0.6 is 0 Å². The van der Waals surface area contributed by atoms with E-state index in [4.69, 9.17) is 4.74 Å². The van der Waals surface area contributed by atoms with E-state index in [-0.39, 0.29) is 11.3 Å². The molecule has 2 aromatic carbocycles. The molecule has 9 nitrogen and oxygen atoms in total. The van der Waals surface area contributed by atoms with Crippen molar-refractivity contribution >= 4 is 33.1 Å². The average Bonchev–Trinajstić information content (AvgIpc) is 2.66.